The first kappa shape index (κ1) is 11.1. The molecule has 72 valence electrons. The van der Waals surface area contributed by atoms with Gasteiger partial charge in [-0.15, -0.1) is 0 Å². The maximum Gasteiger partial charge on any atom is 0.387 e. The predicted molar refractivity (Wildman–Crippen MR) is 51.3 cm³/mol. The second-order valence-corrected chi connectivity index (χ2v) is 3.95. The molecule has 0 aromatic carbocycles. The normalized spacial score (nSPS) is 10.6. The Kier molecular flexibility index (Phi) is 3.87. The predicted octanol–water partition coefficient (Wildman–Crippen LogP) is 3.86. The van der Waals surface area contributed by atoms with Crippen molar-refractivity contribution in [2.75, 3.05) is 0 Å². The van der Waals surface area contributed by atoms with E-state index in [1.807, 2.05) is 0 Å². The lowest BCUT2D eigenvalue weighted by molar-refractivity contribution is -0.0505. The molecule has 0 aliphatic rings. The number of hydrogen-bond acceptors (Lipinski definition) is 2. The van der Waals surface area contributed by atoms with Crippen molar-refractivity contribution in [1.29, 1.82) is 0 Å². The molecule has 0 amide bonds. The Morgan fingerprint density at radius 3 is 2.54 bits per heavy atom. The van der Waals surface area contributed by atoms with Crippen molar-refractivity contribution < 1.29 is 13.5 Å². The number of pyridine rings is 1. The fourth-order valence-corrected chi connectivity index (χ4v) is 2.30. The second-order valence-electron chi connectivity index (χ2n) is 1.93. The molecular formula is C6H2Br2ClF2NO. The summed E-state index contributed by atoms with van der Waals surface area (Å²) in [5, 5.41) is -0.124. The molecule has 0 bridgehead atoms. The number of halogens is 5. The minimum Gasteiger partial charge on any atom is -0.430 e. The van der Waals surface area contributed by atoms with Gasteiger partial charge in [0.15, 0.2) is 10.9 Å². The molecule has 1 heterocycles. The lowest BCUT2D eigenvalue weighted by atomic mass is 10.5. The first-order chi connectivity index (χ1) is 6.00. The first-order valence-corrected chi connectivity index (χ1v) is 4.93. The molecule has 0 N–H and O–H groups in total. The summed E-state index contributed by atoms with van der Waals surface area (Å²) in [7, 11) is 0. The van der Waals surface area contributed by atoms with Crippen molar-refractivity contribution in [2.24, 2.45) is 0 Å². The highest BCUT2D eigenvalue weighted by Gasteiger charge is 2.14. The standard InChI is InChI=1S/C6H2Br2ClF2NO/c7-2-1-3(8)12-5(9)4(2)13-6(10)11/h1,6H. The van der Waals surface area contributed by atoms with E-state index in [0.29, 0.717) is 9.08 Å². The molecule has 1 rings (SSSR count). The van der Waals surface area contributed by atoms with E-state index >= 15 is 0 Å². The van der Waals surface area contributed by atoms with E-state index in [1.165, 1.54) is 6.07 Å². The van der Waals surface area contributed by atoms with Crippen LogP contribution in [-0.4, -0.2) is 11.6 Å². The van der Waals surface area contributed by atoms with Crippen molar-refractivity contribution >= 4 is 43.5 Å². The van der Waals surface area contributed by atoms with Crippen LogP contribution in [0, 0.1) is 0 Å². The molecule has 0 saturated heterocycles. The van der Waals surface area contributed by atoms with E-state index in [4.69, 9.17) is 11.6 Å². The second kappa shape index (κ2) is 4.52. The summed E-state index contributed by atoms with van der Waals surface area (Å²) in [5.74, 6) is -0.167. The average Bonchev–Trinajstić information content (AvgIpc) is 1.96. The molecule has 1 aromatic heterocycles. The topological polar surface area (TPSA) is 22.1 Å². The lowest BCUT2D eigenvalue weighted by Gasteiger charge is -2.07. The smallest absolute Gasteiger partial charge is 0.387 e. The summed E-state index contributed by atoms with van der Waals surface area (Å²) in [5.41, 5.74) is 0. The molecule has 2 nitrogen and oxygen atoms in total. The largest absolute Gasteiger partial charge is 0.430 e. The van der Waals surface area contributed by atoms with Gasteiger partial charge in [0.2, 0.25) is 0 Å². The van der Waals surface area contributed by atoms with Crippen LogP contribution in [0.4, 0.5) is 8.78 Å². The van der Waals surface area contributed by atoms with Crippen molar-refractivity contribution in [3.8, 4) is 5.75 Å². The zero-order valence-corrected chi connectivity index (χ0v) is 9.83. The highest BCUT2D eigenvalue weighted by molar-refractivity contribution is 9.11. The molecular weight excluding hydrogens is 335 g/mol. The van der Waals surface area contributed by atoms with Gasteiger partial charge in [0.25, 0.3) is 0 Å². The molecule has 0 saturated carbocycles. The van der Waals surface area contributed by atoms with Crippen molar-refractivity contribution in [1.82, 2.24) is 4.98 Å². The third kappa shape index (κ3) is 3.03. The Hall–Kier alpha value is 0.0600. The minimum absolute atomic E-state index is 0.124. The maximum atomic E-state index is 11.8. The molecule has 1 aromatic rings. The number of aromatic nitrogens is 1. The fraction of sp³-hybridized carbons (Fsp3) is 0.167. The zero-order chi connectivity index (χ0) is 10.0. The molecule has 7 heteroatoms. The molecule has 0 spiro atoms. The molecule has 0 unspecified atom stereocenters. The Morgan fingerprint density at radius 2 is 2.08 bits per heavy atom. The molecule has 0 aliphatic heterocycles. The SMILES string of the molecule is FC(F)Oc1c(Br)cc(Br)nc1Cl. The molecule has 0 radical (unpaired) electrons. The van der Waals surface area contributed by atoms with Crippen molar-refractivity contribution in [3.63, 3.8) is 0 Å². The van der Waals surface area contributed by atoms with Crippen molar-refractivity contribution in [3.05, 3.63) is 20.3 Å². The number of rotatable bonds is 2. The Balaban J connectivity index is 3.06. The van der Waals surface area contributed by atoms with Gasteiger partial charge in [0.05, 0.1) is 4.47 Å². The number of ether oxygens (including phenoxy) is 1. The van der Waals surface area contributed by atoms with Gasteiger partial charge in [0, 0.05) is 0 Å². The van der Waals surface area contributed by atoms with Gasteiger partial charge in [-0.25, -0.2) is 4.98 Å². The molecule has 0 fully saturated rings. The van der Waals surface area contributed by atoms with Crippen LogP contribution in [-0.2, 0) is 0 Å². The van der Waals surface area contributed by atoms with E-state index in [0.717, 1.165) is 0 Å². The van der Waals surface area contributed by atoms with Gasteiger partial charge >= 0.3 is 6.61 Å². The fourth-order valence-electron chi connectivity index (χ4n) is 0.639. The Labute approximate surface area is 94.5 Å². The summed E-state index contributed by atoms with van der Waals surface area (Å²) in [4.78, 5) is 3.68. The van der Waals surface area contributed by atoms with E-state index in [-0.39, 0.29) is 10.9 Å². The van der Waals surface area contributed by atoms with E-state index in [1.54, 1.807) is 0 Å². The minimum atomic E-state index is -2.92. The third-order valence-electron chi connectivity index (χ3n) is 1.06. The Morgan fingerprint density at radius 1 is 1.46 bits per heavy atom. The quantitative estimate of drug-likeness (QED) is 0.765. The van der Waals surface area contributed by atoms with Gasteiger partial charge in [-0.1, -0.05) is 11.6 Å². The molecule has 13 heavy (non-hydrogen) atoms. The Bertz CT molecular complexity index is 300. The number of alkyl halides is 2. The van der Waals surface area contributed by atoms with Crippen LogP contribution in [0.25, 0.3) is 0 Å². The summed E-state index contributed by atoms with van der Waals surface area (Å²) in [6.07, 6.45) is 0. The summed E-state index contributed by atoms with van der Waals surface area (Å²) in [6, 6.07) is 1.46. The maximum absolute atomic E-state index is 11.8. The third-order valence-corrected chi connectivity index (χ3v) is 2.31. The van der Waals surface area contributed by atoms with E-state index in [9.17, 15) is 8.78 Å². The van der Waals surface area contributed by atoms with Crippen LogP contribution in [0.5, 0.6) is 5.75 Å². The van der Waals surface area contributed by atoms with Gasteiger partial charge in [-0.3, -0.25) is 0 Å². The van der Waals surface area contributed by atoms with E-state index in [2.05, 4.69) is 41.6 Å². The molecule has 0 aliphatic carbocycles. The van der Waals surface area contributed by atoms with Crippen LogP contribution in [0.15, 0.2) is 15.1 Å². The summed E-state index contributed by atoms with van der Waals surface area (Å²) >= 11 is 11.6. The highest BCUT2D eigenvalue weighted by Crippen LogP contribution is 2.34. The average molecular weight is 337 g/mol. The van der Waals surface area contributed by atoms with Gasteiger partial charge in [-0.05, 0) is 37.9 Å². The van der Waals surface area contributed by atoms with Gasteiger partial charge in [-0.2, -0.15) is 8.78 Å². The monoisotopic (exact) mass is 335 g/mol. The summed E-state index contributed by atoms with van der Waals surface area (Å²) < 4.78 is 28.6. The van der Waals surface area contributed by atoms with Crippen LogP contribution in [0.3, 0.4) is 0 Å². The van der Waals surface area contributed by atoms with Crippen LogP contribution >= 0.6 is 43.5 Å². The van der Waals surface area contributed by atoms with Crippen LogP contribution in [0.1, 0.15) is 0 Å². The van der Waals surface area contributed by atoms with Gasteiger partial charge < -0.3 is 4.74 Å². The zero-order valence-electron chi connectivity index (χ0n) is 5.90. The summed E-state index contributed by atoms with van der Waals surface area (Å²) in [6.45, 7) is -2.92. The van der Waals surface area contributed by atoms with Crippen molar-refractivity contribution in [2.45, 2.75) is 6.61 Å². The highest BCUT2D eigenvalue weighted by atomic mass is 79.9. The van der Waals surface area contributed by atoms with Gasteiger partial charge in [0.1, 0.15) is 4.60 Å². The van der Waals surface area contributed by atoms with Crippen LogP contribution in [0.2, 0.25) is 5.15 Å². The molecule has 0 atom stereocenters. The lowest BCUT2D eigenvalue weighted by Crippen LogP contribution is -2.03. The van der Waals surface area contributed by atoms with E-state index < -0.39 is 6.61 Å². The first-order valence-electron chi connectivity index (χ1n) is 2.97. The van der Waals surface area contributed by atoms with Crippen LogP contribution < -0.4 is 4.74 Å². The number of nitrogens with zero attached hydrogens (tertiary/aromatic N) is 1. The number of hydrogen-bond donors (Lipinski definition) is 0.